The molecule has 24 heavy (non-hydrogen) atoms. The number of nitrogens with one attached hydrogen (secondary N) is 2. The second-order valence-corrected chi connectivity index (χ2v) is 5.91. The number of hydrogen-bond acceptors (Lipinski definition) is 3. The number of hydrogen-bond donors (Lipinski definition) is 3. The minimum absolute atomic E-state index is 0.0969. The van der Waals surface area contributed by atoms with E-state index in [1.54, 1.807) is 18.2 Å². The van der Waals surface area contributed by atoms with Crippen molar-refractivity contribution >= 4 is 35.0 Å². The van der Waals surface area contributed by atoms with Gasteiger partial charge in [0.25, 0.3) is 5.91 Å². The fourth-order valence-corrected chi connectivity index (χ4v) is 2.47. The van der Waals surface area contributed by atoms with Gasteiger partial charge in [-0.2, -0.15) is 0 Å². The molecule has 0 saturated heterocycles. The van der Waals surface area contributed by atoms with Crippen LogP contribution in [0.2, 0.25) is 10.0 Å². The summed E-state index contributed by atoms with van der Waals surface area (Å²) in [5.74, 6) is -0.372. The molecule has 0 aliphatic rings. The molecule has 0 radical (unpaired) electrons. The number of aromatic hydroxyl groups is 1. The summed E-state index contributed by atoms with van der Waals surface area (Å²) in [7, 11) is 0. The molecule has 0 fully saturated rings. The molecule has 3 N–H and O–H groups in total. The zero-order chi connectivity index (χ0) is 17.5. The van der Waals surface area contributed by atoms with Crippen molar-refractivity contribution in [1.82, 2.24) is 10.6 Å². The van der Waals surface area contributed by atoms with Gasteiger partial charge in [-0.15, -0.1) is 0 Å². The van der Waals surface area contributed by atoms with Crippen LogP contribution < -0.4 is 10.6 Å². The van der Waals surface area contributed by atoms with Crippen LogP contribution in [-0.4, -0.2) is 30.0 Å². The van der Waals surface area contributed by atoms with Crippen LogP contribution in [0.15, 0.2) is 42.5 Å². The van der Waals surface area contributed by atoms with E-state index in [4.69, 9.17) is 23.2 Å². The number of amides is 2. The van der Waals surface area contributed by atoms with Gasteiger partial charge in [0, 0.05) is 28.7 Å². The van der Waals surface area contributed by atoms with Crippen molar-refractivity contribution in [3.8, 4) is 5.75 Å². The van der Waals surface area contributed by atoms with Gasteiger partial charge in [-0.1, -0.05) is 29.3 Å². The lowest BCUT2D eigenvalue weighted by atomic mass is 10.1. The minimum atomic E-state index is -0.273. The van der Waals surface area contributed by atoms with Crippen LogP contribution in [0.4, 0.5) is 0 Å². The van der Waals surface area contributed by atoms with E-state index in [0.717, 1.165) is 0 Å². The Hall–Kier alpha value is -2.24. The van der Waals surface area contributed by atoms with Crippen LogP contribution >= 0.6 is 23.2 Å². The van der Waals surface area contributed by atoms with Crippen LogP contribution in [0.1, 0.15) is 15.9 Å². The highest BCUT2D eigenvalue weighted by atomic mass is 35.5. The van der Waals surface area contributed by atoms with Gasteiger partial charge < -0.3 is 15.7 Å². The van der Waals surface area contributed by atoms with Gasteiger partial charge in [0.1, 0.15) is 5.75 Å². The van der Waals surface area contributed by atoms with Gasteiger partial charge in [0.2, 0.25) is 5.91 Å². The molecule has 0 spiro atoms. The molecule has 0 heterocycles. The number of phenols is 1. The summed E-state index contributed by atoms with van der Waals surface area (Å²) >= 11 is 11.8. The molecule has 0 bridgehead atoms. The highest BCUT2D eigenvalue weighted by Gasteiger charge is 2.08. The van der Waals surface area contributed by atoms with Gasteiger partial charge in [0.05, 0.1) is 6.42 Å². The Labute approximate surface area is 149 Å². The van der Waals surface area contributed by atoms with Gasteiger partial charge in [-0.25, -0.2) is 0 Å². The van der Waals surface area contributed by atoms with Crippen LogP contribution in [0.3, 0.4) is 0 Å². The zero-order valence-corrected chi connectivity index (χ0v) is 14.2. The zero-order valence-electron chi connectivity index (χ0n) is 12.7. The van der Waals surface area contributed by atoms with Crippen molar-refractivity contribution in [1.29, 1.82) is 0 Å². The highest BCUT2D eigenvalue weighted by Crippen LogP contribution is 2.21. The molecule has 0 unspecified atom stereocenters. The first kappa shape index (κ1) is 18.1. The first-order valence-corrected chi connectivity index (χ1v) is 7.99. The molecule has 126 valence electrons. The van der Waals surface area contributed by atoms with E-state index >= 15 is 0 Å². The number of rotatable bonds is 6. The summed E-state index contributed by atoms with van der Waals surface area (Å²) in [4.78, 5) is 23.7. The molecule has 2 aromatic rings. The summed E-state index contributed by atoms with van der Waals surface area (Å²) in [6.45, 7) is 0.591. The molecule has 0 atom stereocenters. The Bertz CT molecular complexity index is 733. The fourth-order valence-electron chi connectivity index (χ4n) is 1.99. The SMILES string of the molecule is O=C(Cc1ccc(Cl)cc1Cl)NCCNC(=O)c1ccc(O)cc1. The third-order valence-corrected chi connectivity index (χ3v) is 3.82. The first-order valence-electron chi connectivity index (χ1n) is 7.23. The van der Waals surface area contributed by atoms with E-state index in [9.17, 15) is 14.7 Å². The average molecular weight is 367 g/mol. The first-order chi connectivity index (χ1) is 11.5. The lowest BCUT2D eigenvalue weighted by Gasteiger charge is -2.08. The topological polar surface area (TPSA) is 78.4 Å². The van der Waals surface area contributed by atoms with E-state index in [1.165, 1.54) is 24.3 Å². The maximum Gasteiger partial charge on any atom is 0.251 e. The van der Waals surface area contributed by atoms with Crippen molar-refractivity contribution in [2.24, 2.45) is 0 Å². The van der Waals surface area contributed by atoms with Crippen LogP contribution in [0, 0.1) is 0 Å². The third-order valence-electron chi connectivity index (χ3n) is 3.23. The van der Waals surface area contributed by atoms with E-state index in [0.29, 0.717) is 34.3 Å². The third kappa shape index (κ3) is 5.44. The Morgan fingerprint density at radius 2 is 1.62 bits per heavy atom. The molecule has 2 aromatic carbocycles. The monoisotopic (exact) mass is 366 g/mol. The molecular formula is C17H16Cl2N2O3. The van der Waals surface area contributed by atoms with Crippen molar-refractivity contribution in [2.75, 3.05) is 13.1 Å². The summed E-state index contributed by atoms with van der Waals surface area (Å²) in [6, 6.07) is 10.9. The molecule has 0 aliphatic heterocycles. The molecule has 2 amide bonds. The molecule has 5 nitrogen and oxygen atoms in total. The van der Waals surface area contributed by atoms with Gasteiger partial charge in [-0.3, -0.25) is 9.59 Å². The van der Waals surface area contributed by atoms with Crippen molar-refractivity contribution in [3.63, 3.8) is 0 Å². The fraction of sp³-hybridized carbons (Fsp3) is 0.176. The van der Waals surface area contributed by atoms with E-state index < -0.39 is 0 Å². The van der Waals surface area contributed by atoms with E-state index in [1.807, 2.05) is 0 Å². The molecule has 7 heteroatoms. The molecular weight excluding hydrogens is 351 g/mol. The minimum Gasteiger partial charge on any atom is -0.508 e. The van der Waals surface area contributed by atoms with E-state index in [2.05, 4.69) is 10.6 Å². The average Bonchev–Trinajstić information content (AvgIpc) is 2.55. The number of carbonyl (C=O) groups excluding carboxylic acids is 2. The molecule has 0 saturated carbocycles. The Morgan fingerprint density at radius 1 is 0.958 bits per heavy atom. The summed E-state index contributed by atoms with van der Waals surface area (Å²) in [6.07, 6.45) is 0.141. The smallest absolute Gasteiger partial charge is 0.251 e. The molecule has 2 rings (SSSR count). The van der Waals surface area contributed by atoms with Crippen LogP contribution in [0.5, 0.6) is 5.75 Å². The standard InChI is InChI=1S/C17H16Cl2N2O3/c18-13-4-1-12(15(19)10-13)9-16(23)20-7-8-21-17(24)11-2-5-14(22)6-3-11/h1-6,10,22H,7-9H2,(H,20,23)(H,21,24). The predicted octanol–water partition coefficient (Wildman–Crippen LogP) is 2.79. The summed E-state index contributed by atoms with van der Waals surface area (Å²) in [5, 5.41) is 15.5. The number of benzene rings is 2. The van der Waals surface area contributed by atoms with Gasteiger partial charge >= 0.3 is 0 Å². The largest absolute Gasteiger partial charge is 0.508 e. The molecule has 0 aliphatic carbocycles. The second kappa shape index (κ2) is 8.57. The van der Waals surface area contributed by atoms with E-state index in [-0.39, 0.29) is 24.0 Å². The maximum absolute atomic E-state index is 11.9. The lowest BCUT2D eigenvalue weighted by molar-refractivity contribution is -0.120. The van der Waals surface area contributed by atoms with Gasteiger partial charge in [0.15, 0.2) is 0 Å². The Balaban J connectivity index is 1.72. The second-order valence-electron chi connectivity index (χ2n) is 5.07. The Morgan fingerprint density at radius 3 is 2.29 bits per heavy atom. The number of halogens is 2. The van der Waals surface area contributed by atoms with Crippen LogP contribution in [0.25, 0.3) is 0 Å². The van der Waals surface area contributed by atoms with Crippen LogP contribution in [-0.2, 0) is 11.2 Å². The summed E-state index contributed by atoms with van der Waals surface area (Å²) < 4.78 is 0. The van der Waals surface area contributed by atoms with Crippen molar-refractivity contribution < 1.29 is 14.7 Å². The van der Waals surface area contributed by atoms with Crippen molar-refractivity contribution in [3.05, 3.63) is 63.6 Å². The van der Waals surface area contributed by atoms with Crippen molar-refractivity contribution in [2.45, 2.75) is 6.42 Å². The normalized spacial score (nSPS) is 10.2. The lowest BCUT2D eigenvalue weighted by Crippen LogP contribution is -2.35. The predicted molar refractivity (Wildman–Crippen MR) is 93.6 cm³/mol. The van der Waals surface area contributed by atoms with Gasteiger partial charge in [-0.05, 0) is 42.0 Å². The quantitative estimate of drug-likeness (QED) is 0.687. The number of carbonyl (C=O) groups is 2. The molecule has 0 aromatic heterocycles. The maximum atomic E-state index is 11.9. The Kier molecular flexibility index (Phi) is 6.46. The highest BCUT2D eigenvalue weighted by molar-refractivity contribution is 6.35. The number of phenolic OH excluding ortho intramolecular Hbond substituents is 1. The summed E-state index contributed by atoms with van der Waals surface area (Å²) in [5.41, 5.74) is 1.12.